The van der Waals surface area contributed by atoms with Crippen LogP contribution in [0.1, 0.15) is 0 Å². The number of thioether (sulfide) groups is 2. The first kappa shape index (κ1) is 15.5. The number of hydrogen-bond acceptors (Lipinski definition) is 7. The molecule has 0 bridgehead atoms. The van der Waals surface area contributed by atoms with Gasteiger partial charge >= 0.3 is 0 Å². The van der Waals surface area contributed by atoms with Gasteiger partial charge in [0.1, 0.15) is 10.9 Å². The van der Waals surface area contributed by atoms with Crippen LogP contribution in [0, 0.1) is 0 Å². The lowest BCUT2D eigenvalue weighted by molar-refractivity contribution is 0.152. The highest BCUT2D eigenvalue weighted by Crippen LogP contribution is 2.08. The van der Waals surface area contributed by atoms with Crippen LogP contribution in [0.5, 0.6) is 0 Å². The number of ether oxygens (including phenoxy) is 1. The highest BCUT2D eigenvalue weighted by Gasteiger charge is 2.02. The average molecular weight is 258 g/mol. The first-order chi connectivity index (χ1) is 7.20. The van der Waals surface area contributed by atoms with Gasteiger partial charge in [0.25, 0.3) is 0 Å². The van der Waals surface area contributed by atoms with Gasteiger partial charge in [-0.2, -0.15) is 0 Å². The van der Waals surface area contributed by atoms with Crippen molar-refractivity contribution in [1.29, 1.82) is 0 Å². The highest BCUT2D eigenvalue weighted by atomic mass is 32.2. The smallest absolute Gasteiger partial charge is 0.122 e. The van der Waals surface area contributed by atoms with Crippen LogP contribution in [0.2, 0.25) is 0 Å². The molecule has 0 aromatic rings. The second kappa shape index (κ2) is 11.0. The van der Waals surface area contributed by atoms with Crippen molar-refractivity contribution in [3.8, 4) is 0 Å². The maximum absolute atomic E-state index is 8.96. The maximum Gasteiger partial charge on any atom is 0.122 e. The van der Waals surface area contributed by atoms with E-state index < -0.39 is 10.9 Å². The largest absolute Gasteiger partial charge is 0.393 e. The Balaban J connectivity index is 3.05. The Morgan fingerprint density at radius 1 is 0.867 bits per heavy atom. The molecule has 0 saturated heterocycles. The van der Waals surface area contributed by atoms with Crippen molar-refractivity contribution < 1.29 is 25.2 Å². The van der Waals surface area contributed by atoms with Gasteiger partial charge in [-0.15, -0.1) is 23.5 Å². The summed E-state index contributed by atoms with van der Waals surface area (Å²) >= 11 is 2.46. The van der Waals surface area contributed by atoms with E-state index in [4.69, 9.17) is 25.2 Å². The summed E-state index contributed by atoms with van der Waals surface area (Å²) in [5, 5.41) is 34.9. The predicted molar refractivity (Wildman–Crippen MR) is 61.9 cm³/mol. The fourth-order valence-corrected chi connectivity index (χ4v) is 1.88. The van der Waals surface area contributed by atoms with Crippen molar-refractivity contribution in [3.05, 3.63) is 0 Å². The number of aliphatic hydroxyl groups excluding tert-OH is 4. The molecule has 15 heavy (non-hydrogen) atoms. The highest BCUT2D eigenvalue weighted by molar-refractivity contribution is 8.00. The summed E-state index contributed by atoms with van der Waals surface area (Å²) in [4.78, 5) is 0. The van der Waals surface area contributed by atoms with Gasteiger partial charge in [0.2, 0.25) is 0 Å². The molecule has 0 aromatic heterocycles. The lowest BCUT2D eigenvalue weighted by atomic mass is 10.8. The number of aliphatic hydroxyl groups is 4. The summed E-state index contributed by atoms with van der Waals surface area (Å²) in [6.07, 6.45) is 0. The van der Waals surface area contributed by atoms with Crippen molar-refractivity contribution in [2.24, 2.45) is 0 Å². The third-order valence-corrected chi connectivity index (χ3v) is 3.26. The summed E-state index contributed by atoms with van der Waals surface area (Å²) in [5.74, 6) is 1.24. The van der Waals surface area contributed by atoms with Crippen LogP contribution in [-0.4, -0.2) is 69.2 Å². The topological polar surface area (TPSA) is 90.2 Å². The zero-order chi connectivity index (χ0) is 11.5. The molecule has 0 aliphatic carbocycles. The molecule has 5 nitrogen and oxygen atoms in total. The van der Waals surface area contributed by atoms with Gasteiger partial charge in [0, 0.05) is 11.5 Å². The second-order valence-electron chi connectivity index (χ2n) is 2.63. The van der Waals surface area contributed by atoms with Crippen LogP contribution in [-0.2, 0) is 4.74 Å². The minimum Gasteiger partial charge on any atom is -0.393 e. The SMILES string of the molecule is OCC(O)SCCOCCSC(O)CO. The molecule has 0 aliphatic heterocycles. The van der Waals surface area contributed by atoms with E-state index in [9.17, 15) is 0 Å². The number of rotatable bonds is 10. The zero-order valence-corrected chi connectivity index (χ0v) is 10.0. The van der Waals surface area contributed by atoms with Crippen molar-refractivity contribution in [1.82, 2.24) is 0 Å². The van der Waals surface area contributed by atoms with Crippen molar-refractivity contribution in [2.45, 2.75) is 10.9 Å². The Hall–Kier alpha value is 0.500. The Labute approximate surface area is 97.8 Å². The van der Waals surface area contributed by atoms with E-state index in [0.717, 1.165) is 0 Å². The fraction of sp³-hybridized carbons (Fsp3) is 1.00. The lowest BCUT2D eigenvalue weighted by Crippen LogP contribution is -2.12. The summed E-state index contributed by atoms with van der Waals surface area (Å²) in [5.41, 5.74) is -1.47. The van der Waals surface area contributed by atoms with Crippen LogP contribution in [0.25, 0.3) is 0 Å². The zero-order valence-electron chi connectivity index (χ0n) is 8.41. The maximum atomic E-state index is 8.96. The van der Waals surface area contributed by atoms with E-state index in [1.165, 1.54) is 23.5 Å². The second-order valence-corrected chi connectivity index (χ2v) is 5.20. The molecule has 0 heterocycles. The van der Waals surface area contributed by atoms with E-state index in [-0.39, 0.29) is 13.2 Å². The van der Waals surface area contributed by atoms with Gasteiger partial charge in [0.15, 0.2) is 0 Å². The van der Waals surface area contributed by atoms with Crippen LogP contribution < -0.4 is 0 Å². The molecule has 0 spiro atoms. The minimum atomic E-state index is -0.737. The standard InChI is InChI=1S/C8H18O5S2/c9-5-7(11)14-3-1-13-2-4-15-8(12)6-10/h7-12H,1-6H2. The van der Waals surface area contributed by atoms with Crippen molar-refractivity contribution in [3.63, 3.8) is 0 Å². The molecule has 7 heteroatoms. The van der Waals surface area contributed by atoms with E-state index in [1.54, 1.807) is 0 Å². The van der Waals surface area contributed by atoms with Gasteiger partial charge < -0.3 is 25.2 Å². The van der Waals surface area contributed by atoms with Crippen molar-refractivity contribution >= 4 is 23.5 Å². The fourth-order valence-electron chi connectivity index (χ4n) is 0.694. The molecule has 0 aliphatic rings. The molecule has 0 radical (unpaired) electrons. The molecule has 0 amide bonds. The van der Waals surface area contributed by atoms with Crippen LogP contribution in [0.4, 0.5) is 0 Å². The summed E-state index contributed by atoms with van der Waals surface area (Å²) < 4.78 is 5.20. The first-order valence-electron chi connectivity index (χ1n) is 4.59. The molecule has 0 aromatic carbocycles. The monoisotopic (exact) mass is 258 g/mol. The molecular formula is C8H18O5S2. The summed E-state index contributed by atoms with van der Waals surface area (Å²) in [6, 6.07) is 0. The molecule has 2 unspecified atom stereocenters. The third-order valence-electron chi connectivity index (χ3n) is 1.39. The molecule has 2 atom stereocenters. The van der Waals surface area contributed by atoms with E-state index in [0.29, 0.717) is 24.7 Å². The predicted octanol–water partition coefficient (Wildman–Crippen LogP) is -0.909. The molecule has 4 N–H and O–H groups in total. The number of hydrogen-bond donors (Lipinski definition) is 4. The molecule has 92 valence electrons. The van der Waals surface area contributed by atoms with Crippen molar-refractivity contribution in [2.75, 3.05) is 37.9 Å². The Bertz CT molecular complexity index is 124. The van der Waals surface area contributed by atoms with Gasteiger partial charge in [-0.05, 0) is 0 Å². The Kier molecular flexibility index (Phi) is 11.4. The lowest BCUT2D eigenvalue weighted by Gasteiger charge is -2.08. The molecule has 0 rings (SSSR count). The molecule has 0 fully saturated rings. The molecular weight excluding hydrogens is 240 g/mol. The van der Waals surface area contributed by atoms with Crippen LogP contribution >= 0.6 is 23.5 Å². The Morgan fingerprint density at radius 3 is 1.60 bits per heavy atom. The Morgan fingerprint density at radius 2 is 1.27 bits per heavy atom. The van der Waals surface area contributed by atoms with Crippen LogP contribution in [0.15, 0.2) is 0 Å². The quantitative estimate of drug-likeness (QED) is 0.298. The van der Waals surface area contributed by atoms with Crippen LogP contribution in [0.3, 0.4) is 0 Å². The van der Waals surface area contributed by atoms with E-state index in [1.807, 2.05) is 0 Å². The van der Waals surface area contributed by atoms with E-state index >= 15 is 0 Å². The van der Waals surface area contributed by atoms with E-state index in [2.05, 4.69) is 0 Å². The molecule has 0 saturated carbocycles. The minimum absolute atomic E-state index is 0.247. The van der Waals surface area contributed by atoms with Gasteiger partial charge in [-0.1, -0.05) is 0 Å². The van der Waals surface area contributed by atoms with Gasteiger partial charge in [-0.3, -0.25) is 0 Å². The van der Waals surface area contributed by atoms with Gasteiger partial charge in [0.05, 0.1) is 26.4 Å². The summed E-state index contributed by atoms with van der Waals surface area (Å²) in [7, 11) is 0. The third kappa shape index (κ3) is 10.8. The normalized spacial score (nSPS) is 15.2. The summed E-state index contributed by atoms with van der Waals surface area (Å²) in [6.45, 7) is 0.501. The van der Waals surface area contributed by atoms with Gasteiger partial charge in [-0.25, -0.2) is 0 Å². The average Bonchev–Trinajstić information content (AvgIpc) is 2.26. The first-order valence-corrected chi connectivity index (χ1v) is 6.69.